The summed E-state index contributed by atoms with van der Waals surface area (Å²) < 4.78 is 10.7. The number of carbonyl (C=O) groups excluding carboxylic acids is 3. The number of benzene rings is 1. The zero-order valence-electron chi connectivity index (χ0n) is 17.6. The largest absolute Gasteiger partial charge is 0.454 e. The first kappa shape index (κ1) is 18.9. The van der Waals surface area contributed by atoms with Crippen LogP contribution in [0.25, 0.3) is 6.08 Å². The Morgan fingerprint density at radius 2 is 1.68 bits per heavy atom. The van der Waals surface area contributed by atoms with Crippen LogP contribution in [0.3, 0.4) is 0 Å². The Kier molecular flexibility index (Phi) is 4.01. The van der Waals surface area contributed by atoms with Gasteiger partial charge in [0.05, 0.1) is 0 Å². The number of barbiturate groups is 1. The van der Waals surface area contributed by atoms with Gasteiger partial charge in [-0.3, -0.25) is 19.8 Å². The number of carbonyl (C=O) groups is 3. The highest BCUT2D eigenvalue weighted by Crippen LogP contribution is 2.62. The molecule has 0 aromatic heterocycles. The van der Waals surface area contributed by atoms with E-state index >= 15 is 0 Å². The summed E-state index contributed by atoms with van der Waals surface area (Å²) in [5.74, 6) is 2.18. The molecule has 4 saturated carbocycles. The van der Waals surface area contributed by atoms with E-state index in [9.17, 15) is 14.4 Å². The minimum atomic E-state index is -0.651. The molecule has 1 unspecified atom stereocenters. The molecule has 2 heterocycles. The van der Waals surface area contributed by atoms with E-state index in [0.717, 1.165) is 19.3 Å². The lowest BCUT2D eigenvalue weighted by Gasteiger charge is -2.60. The Morgan fingerprint density at radius 3 is 2.35 bits per heavy atom. The first-order chi connectivity index (χ1) is 14.9. The number of nitrogens with zero attached hydrogens (tertiary/aromatic N) is 1. The molecule has 4 amide bonds. The van der Waals surface area contributed by atoms with Crippen LogP contribution in [-0.4, -0.2) is 35.6 Å². The average molecular weight is 422 g/mol. The van der Waals surface area contributed by atoms with Crippen LogP contribution < -0.4 is 14.8 Å². The van der Waals surface area contributed by atoms with E-state index in [1.54, 1.807) is 18.2 Å². The Morgan fingerprint density at radius 1 is 1.03 bits per heavy atom. The van der Waals surface area contributed by atoms with Gasteiger partial charge in [0.15, 0.2) is 11.5 Å². The number of imide groups is 2. The Balaban J connectivity index is 1.32. The SMILES string of the molecule is CC(N1C(=O)NC(=O)C(=Cc2ccc3c(c2)OCO3)C1=O)C12CC3CC(CC(C3)C1)C2. The summed E-state index contributed by atoms with van der Waals surface area (Å²) in [7, 11) is 0. The van der Waals surface area contributed by atoms with Gasteiger partial charge in [0.25, 0.3) is 11.8 Å². The molecule has 6 aliphatic rings. The molecule has 1 aromatic carbocycles. The quantitative estimate of drug-likeness (QED) is 0.595. The molecular formula is C24H26N2O5. The van der Waals surface area contributed by atoms with Crippen LogP contribution in [0.4, 0.5) is 4.79 Å². The smallest absolute Gasteiger partial charge is 0.331 e. The lowest BCUT2D eigenvalue weighted by atomic mass is 9.47. The zero-order chi connectivity index (χ0) is 21.3. The maximum Gasteiger partial charge on any atom is 0.331 e. The zero-order valence-corrected chi connectivity index (χ0v) is 17.6. The van der Waals surface area contributed by atoms with Crippen molar-refractivity contribution < 1.29 is 23.9 Å². The molecule has 7 nitrogen and oxygen atoms in total. The minimum absolute atomic E-state index is 0.0185. The summed E-state index contributed by atoms with van der Waals surface area (Å²) in [6.45, 7) is 2.15. The van der Waals surface area contributed by atoms with E-state index in [1.807, 2.05) is 6.92 Å². The highest BCUT2D eigenvalue weighted by molar-refractivity contribution is 6.31. The van der Waals surface area contributed by atoms with Crippen molar-refractivity contribution in [2.24, 2.45) is 23.2 Å². The van der Waals surface area contributed by atoms with Crippen LogP contribution in [0.2, 0.25) is 0 Å². The molecule has 1 N–H and O–H groups in total. The predicted molar refractivity (Wildman–Crippen MR) is 111 cm³/mol. The Labute approximate surface area is 180 Å². The van der Waals surface area contributed by atoms with E-state index in [-0.39, 0.29) is 23.8 Å². The van der Waals surface area contributed by atoms with Crippen LogP contribution in [0.1, 0.15) is 51.0 Å². The van der Waals surface area contributed by atoms with Gasteiger partial charge in [0.2, 0.25) is 6.79 Å². The van der Waals surface area contributed by atoms with Gasteiger partial charge >= 0.3 is 6.03 Å². The molecule has 0 spiro atoms. The number of fused-ring (bicyclic) bond motifs is 1. The van der Waals surface area contributed by atoms with Crippen molar-refractivity contribution in [1.29, 1.82) is 0 Å². The Bertz CT molecular complexity index is 994. The van der Waals surface area contributed by atoms with E-state index < -0.39 is 17.8 Å². The molecule has 5 fully saturated rings. The third-order valence-electron chi connectivity index (χ3n) is 8.20. The highest BCUT2D eigenvalue weighted by atomic mass is 16.7. The second-order valence-corrected chi connectivity index (χ2v) is 10.1. The predicted octanol–water partition coefficient (Wildman–Crippen LogP) is 3.48. The fraction of sp³-hybridized carbons (Fsp3) is 0.542. The summed E-state index contributed by atoms with van der Waals surface area (Å²) in [6.07, 6.45) is 8.64. The van der Waals surface area contributed by atoms with Crippen LogP contribution in [0.5, 0.6) is 11.5 Å². The number of ether oxygens (including phenoxy) is 2. The second-order valence-electron chi connectivity index (χ2n) is 10.1. The van der Waals surface area contributed by atoms with E-state index in [4.69, 9.17) is 9.47 Å². The maximum atomic E-state index is 13.4. The standard InChI is InChI=1S/C24H26N2O5/c1-13(24-9-15-4-16(10-24)6-17(5-15)11-24)26-22(28)18(21(27)25-23(26)29)7-14-2-3-19-20(8-14)31-12-30-19/h2-3,7-8,13,15-17H,4-6,9-12H2,1H3,(H,25,27,29). The fourth-order valence-electron chi connectivity index (χ4n) is 7.16. The van der Waals surface area contributed by atoms with E-state index in [2.05, 4.69) is 5.32 Å². The first-order valence-corrected chi connectivity index (χ1v) is 11.2. The Hall–Kier alpha value is -2.83. The third-order valence-corrected chi connectivity index (χ3v) is 8.20. The fourth-order valence-corrected chi connectivity index (χ4v) is 7.16. The van der Waals surface area contributed by atoms with Gasteiger partial charge in [-0.05, 0) is 92.4 Å². The molecule has 1 aromatic rings. The monoisotopic (exact) mass is 422 g/mol. The second kappa shape index (κ2) is 6.58. The van der Waals surface area contributed by atoms with Crippen molar-refractivity contribution in [3.63, 3.8) is 0 Å². The van der Waals surface area contributed by atoms with Crippen LogP contribution in [-0.2, 0) is 9.59 Å². The summed E-state index contributed by atoms with van der Waals surface area (Å²) >= 11 is 0. The molecule has 1 saturated heterocycles. The van der Waals surface area contributed by atoms with Gasteiger partial charge in [-0.15, -0.1) is 0 Å². The summed E-state index contributed by atoms with van der Waals surface area (Å²) in [6, 6.07) is 4.42. The molecule has 7 heteroatoms. The number of nitrogens with one attached hydrogen (secondary N) is 1. The van der Waals surface area contributed by atoms with Crippen LogP contribution in [0, 0.1) is 23.2 Å². The lowest BCUT2D eigenvalue weighted by Crippen LogP contribution is -2.63. The van der Waals surface area contributed by atoms with Gasteiger partial charge in [-0.25, -0.2) is 4.79 Å². The summed E-state index contributed by atoms with van der Waals surface area (Å²) in [5, 5.41) is 2.40. The third kappa shape index (κ3) is 2.89. The van der Waals surface area contributed by atoms with E-state index in [0.29, 0.717) is 34.8 Å². The number of rotatable bonds is 3. The van der Waals surface area contributed by atoms with Crippen molar-refractivity contribution >= 4 is 23.9 Å². The topological polar surface area (TPSA) is 84.9 Å². The molecule has 0 radical (unpaired) electrons. The summed E-state index contributed by atoms with van der Waals surface area (Å²) in [5.41, 5.74) is 0.612. The lowest BCUT2D eigenvalue weighted by molar-refractivity contribution is -0.139. The van der Waals surface area contributed by atoms with Gasteiger partial charge in [-0.1, -0.05) is 6.07 Å². The highest BCUT2D eigenvalue weighted by Gasteiger charge is 2.56. The van der Waals surface area contributed by atoms with Crippen molar-refractivity contribution in [3.05, 3.63) is 29.3 Å². The van der Waals surface area contributed by atoms with Crippen molar-refractivity contribution in [1.82, 2.24) is 10.2 Å². The summed E-state index contributed by atoms with van der Waals surface area (Å²) in [4.78, 5) is 40.1. The first-order valence-electron chi connectivity index (χ1n) is 11.2. The number of hydrogen-bond acceptors (Lipinski definition) is 5. The van der Waals surface area contributed by atoms with Crippen LogP contribution >= 0.6 is 0 Å². The number of hydrogen-bond donors (Lipinski definition) is 1. The molecule has 2 aliphatic heterocycles. The minimum Gasteiger partial charge on any atom is -0.454 e. The van der Waals surface area contributed by atoms with Crippen molar-refractivity contribution in [2.75, 3.05) is 6.79 Å². The number of urea groups is 1. The maximum absolute atomic E-state index is 13.4. The molecule has 162 valence electrons. The molecule has 7 rings (SSSR count). The average Bonchev–Trinajstić information content (AvgIpc) is 3.18. The molecule has 4 bridgehead atoms. The van der Waals surface area contributed by atoms with Gasteiger partial charge in [0, 0.05) is 6.04 Å². The van der Waals surface area contributed by atoms with Gasteiger partial charge in [-0.2, -0.15) is 0 Å². The molecule has 31 heavy (non-hydrogen) atoms. The number of amides is 4. The normalized spacial score (nSPS) is 35.6. The van der Waals surface area contributed by atoms with Crippen molar-refractivity contribution in [2.45, 2.75) is 51.5 Å². The van der Waals surface area contributed by atoms with Gasteiger partial charge < -0.3 is 9.47 Å². The van der Waals surface area contributed by atoms with Crippen LogP contribution in [0.15, 0.2) is 23.8 Å². The molecule has 1 atom stereocenters. The molecular weight excluding hydrogens is 396 g/mol. The van der Waals surface area contributed by atoms with Crippen molar-refractivity contribution in [3.8, 4) is 11.5 Å². The molecule has 4 aliphatic carbocycles. The van der Waals surface area contributed by atoms with E-state index in [1.165, 1.54) is 30.2 Å². The van der Waals surface area contributed by atoms with Gasteiger partial charge in [0.1, 0.15) is 5.57 Å².